The van der Waals surface area contributed by atoms with E-state index in [9.17, 15) is 14.4 Å². The van der Waals surface area contributed by atoms with Crippen LogP contribution in [0.25, 0.3) is 22.1 Å². The molecular formula is C28H20N2O5. The van der Waals surface area contributed by atoms with E-state index in [4.69, 9.17) is 8.83 Å². The highest BCUT2D eigenvalue weighted by molar-refractivity contribution is 6.05. The molecule has 0 bridgehead atoms. The van der Waals surface area contributed by atoms with Gasteiger partial charge >= 0.3 is 5.63 Å². The van der Waals surface area contributed by atoms with Crippen molar-refractivity contribution in [1.82, 2.24) is 0 Å². The first kappa shape index (κ1) is 21.9. The molecular weight excluding hydrogens is 444 g/mol. The molecule has 0 atom stereocenters. The standard InChI is InChI=1S/C28H20N2O5/c1-17-15-21(12-13-23(17)30-27(32)25-7-4-14-34-25)29-26(31)19-10-8-18(9-11-19)22-16-20-5-2-3-6-24(20)35-28(22)33/h2-16H,1H3,(H,29,31)(H,30,32). The number of carbonyl (C=O) groups is 2. The van der Waals surface area contributed by atoms with E-state index in [1.54, 1.807) is 66.7 Å². The van der Waals surface area contributed by atoms with E-state index in [-0.39, 0.29) is 17.6 Å². The zero-order chi connectivity index (χ0) is 24.4. The van der Waals surface area contributed by atoms with E-state index in [0.717, 1.165) is 10.9 Å². The van der Waals surface area contributed by atoms with E-state index in [0.29, 0.717) is 33.6 Å². The molecule has 0 aliphatic carbocycles. The fourth-order valence-corrected chi connectivity index (χ4v) is 3.74. The summed E-state index contributed by atoms with van der Waals surface area (Å²) in [6.45, 7) is 1.83. The molecule has 0 saturated carbocycles. The van der Waals surface area contributed by atoms with Crippen molar-refractivity contribution in [1.29, 1.82) is 0 Å². The number of hydrogen-bond acceptors (Lipinski definition) is 5. The molecule has 2 amide bonds. The fraction of sp³-hybridized carbons (Fsp3) is 0.0357. The summed E-state index contributed by atoms with van der Waals surface area (Å²) in [4.78, 5) is 37.4. The van der Waals surface area contributed by atoms with Gasteiger partial charge < -0.3 is 19.5 Å². The van der Waals surface area contributed by atoms with Gasteiger partial charge in [-0.1, -0.05) is 30.3 Å². The Kier molecular flexibility index (Phi) is 5.73. The first-order valence-electron chi connectivity index (χ1n) is 10.9. The van der Waals surface area contributed by atoms with Gasteiger partial charge in [0.1, 0.15) is 5.58 Å². The number of anilines is 2. The van der Waals surface area contributed by atoms with Gasteiger partial charge in [-0.15, -0.1) is 0 Å². The summed E-state index contributed by atoms with van der Waals surface area (Å²) in [5.74, 6) is -0.434. The minimum absolute atomic E-state index is 0.215. The van der Waals surface area contributed by atoms with Crippen molar-refractivity contribution in [3.05, 3.63) is 118 Å². The number of amides is 2. The van der Waals surface area contributed by atoms with E-state index in [1.807, 2.05) is 25.1 Å². The van der Waals surface area contributed by atoms with Crippen molar-refractivity contribution < 1.29 is 18.4 Å². The first-order chi connectivity index (χ1) is 17.0. The van der Waals surface area contributed by atoms with Crippen molar-refractivity contribution in [3.63, 3.8) is 0 Å². The van der Waals surface area contributed by atoms with Gasteiger partial charge in [-0.3, -0.25) is 9.59 Å². The molecule has 2 N–H and O–H groups in total. The van der Waals surface area contributed by atoms with Gasteiger partial charge in [0, 0.05) is 22.3 Å². The minimum Gasteiger partial charge on any atom is -0.459 e. The highest BCUT2D eigenvalue weighted by Gasteiger charge is 2.13. The predicted octanol–water partition coefficient (Wildman–Crippen LogP) is 5.87. The Labute approximate surface area is 200 Å². The second-order valence-electron chi connectivity index (χ2n) is 7.98. The third kappa shape index (κ3) is 4.60. The third-order valence-corrected chi connectivity index (χ3v) is 5.58. The first-order valence-corrected chi connectivity index (χ1v) is 10.9. The van der Waals surface area contributed by atoms with Crippen LogP contribution in [0.5, 0.6) is 0 Å². The van der Waals surface area contributed by atoms with Crippen molar-refractivity contribution in [3.8, 4) is 11.1 Å². The van der Waals surface area contributed by atoms with E-state index >= 15 is 0 Å². The normalized spacial score (nSPS) is 10.8. The maximum Gasteiger partial charge on any atom is 0.344 e. The lowest BCUT2D eigenvalue weighted by Gasteiger charge is -2.11. The number of rotatable bonds is 5. The van der Waals surface area contributed by atoms with Gasteiger partial charge in [-0.2, -0.15) is 0 Å². The fourth-order valence-electron chi connectivity index (χ4n) is 3.74. The van der Waals surface area contributed by atoms with Crippen LogP contribution in [-0.2, 0) is 0 Å². The average molecular weight is 464 g/mol. The predicted molar refractivity (Wildman–Crippen MR) is 134 cm³/mol. The Morgan fingerprint density at radius 2 is 1.60 bits per heavy atom. The van der Waals surface area contributed by atoms with Crippen LogP contribution in [0.3, 0.4) is 0 Å². The summed E-state index contributed by atoms with van der Waals surface area (Å²) in [6, 6.07) is 24.2. The summed E-state index contributed by atoms with van der Waals surface area (Å²) < 4.78 is 10.5. The van der Waals surface area contributed by atoms with Crippen molar-refractivity contribution in [2.24, 2.45) is 0 Å². The number of aryl methyl sites for hydroxylation is 1. The van der Waals surface area contributed by atoms with Gasteiger partial charge in [0.25, 0.3) is 11.8 Å². The van der Waals surface area contributed by atoms with Crippen molar-refractivity contribution in [2.45, 2.75) is 6.92 Å². The topological polar surface area (TPSA) is 102 Å². The van der Waals surface area contributed by atoms with Crippen LogP contribution < -0.4 is 16.3 Å². The Balaban J connectivity index is 1.30. The number of furan rings is 1. The average Bonchev–Trinajstić information content (AvgIpc) is 3.41. The Bertz CT molecular complexity index is 1600. The van der Waals surface area contributed by atoms with E-state index in [2.05, 4.69) is 10.6 Å². The monoisotopic (exact) mass is 464 g/mol. The molecule has 0 aliphatic heterocycles. The number of hydrogen-bond donors (Lipinski definition) is 2. The molecule has 172 valence electrons. The van der Waals surface area contributed by atoms with Gasteiger partial charge in [0.05, 0.1) is 11.8 Å². The molecule has 7 nitrogen and oxygen atoms in total. The molecule has 3 aromatic carbocycles. The maximum absolute atomic E-state index is 12.8. The Morgan fingerprint density at radius 1 is 0.800 bits per heavy atom. The van der Waals surface area contributed by atoms with E-state index in [1.165, 1.54) is 6.26 Å². The molecule has 5 rings (SSSR count). The summed E-state index contributed by atoms with van der Waals surface area (Å²) in [7, 11) is 0. The van der Waals surface area contributed by atoms with Crippen molar-refractivity contribution in [2.75, 3.05) is 10.6 Å². The molecule has 0 fully saturated rings. The van der Waals surface area contributed by atoms with Gasteiger partial charge in [-0.05, 0) is 72.6 Å². The van der Waals surface area contributed by atoms with Crippen LogP contribution >= 0.6 is 0 Å². The molecule has 2 aromatic heterocycles. The Morgan fingerprint density at radius 3 is 2.34 bits per heavy atom. The van der Waals surface area contributed by atoms with Gasteiger partial charge in [-0.25, -0.2) is 4.79 Å². The molecule has 7 heteroatoms. The second-order valence-corrected chi connectivity index (χ2v) is 7.98. The number of carbonyl (C=O) groups excluding carboxylic acids is 2. The highest BCUT2D eigenvalue weighted by atomic mass is 16.4. The largest absolute Gasteiger partial charge is 0.459 e. The minimum atomic E-state index is -0.435. The molecule has 0 spiro atoms. The van der Waals surface area contributed by atoms with Crippen LogP contribution in [0, 0.1) is 6.92 Å². The number of fused-ring (bicyclic) bond motifs is 1. The molecule has 5 aromatic rings. The zero-order valence-electron chi connectivity index (χ0n) is 18.7. The number of benzene rings is 3. The lowest BCUT2D eigenvalue weighted by Crippen LogP contribution is -2.14. The number of nitrogens with one attached hydrogen (secondary N) is 2. The lowest BCUT2D eigenvalue weighted by atomic mass is 10.0. The van der Waals surface area contributed by atoms with Gasteiger partial charge in [0.15, 0.2) is 5.76 Å². The molecule has 35 heavy (non-hydrogen) atoms. The lowest BCUT2D eigenvalue weighted by molar-refractivity contribution is 0.0994. The third-order valence-electron chi connectivity index (χ3n) is 5.58. The maximum atomic E-state index is 12.8. The van der Waals surface area contributed by atoms with Crippen LogP contribution in [0.4, 0.5) is 11.4 Å². The van der Waals surface area contributed by atoms with E-state index < -0.39 is 5.63 Å². The SMILES string of the molecule is Cc1cc(NC(=O)c2ccc(-c3cc4ccccc4oc3=O)cc2)ccc1NC(=O)c1ccco1. The molecule has 0 radical (unpaired) electrons. The number of para-hydroxylation sites is 1. The molecule has 0 aliphatic rings. The van der Waals surface area contributed by atoms with Crippen molar-refractivity contribution >= 4 is 34.2 Å². The molecule has 0 saturated heterocycles. The van der Waals surface area contributed by atoms with Crippen LogP contribution in [-0.4, -0.2) is 11.8 Å². The van der Waals surface area contributed by atoms with Gasteiger partial charge in [0.2, 0.25) is 0 Å². The summed E-state index contributed by atoms with van der Waals surface area (Å²) in [5, 5.41) is 6.46. The highest BCUT2D eigenvalue weighted by Crippen LogP contribution is 2.23. The summed E-state index contributed by atoms with van der Waals surface area (Å²) in [6.07, 6.45) is 1.43. The zero-order valence-corrected chi connectivity index (χ0v) is 18.7. The van der Waals surface area contributed by atoms with Crippen LogP contribution in [0.2, 0.25) is 0 Å². The summed E-state index contributed by atoms with van der Waals surface area (Å²) in [5.41, 5.74) is 3.60. The second kappa shape index (κ2) is 9.15. The van der Waals surface area contributed by atoms with Crippen LogP contribution in [0.1, 0.15) is 26.5 Å². The molecule has 2 heterocycles. The van der Waals surface area contributed by atoms with Crippen LogP contribution in [0.15, 0.2) is 105 Å². The Hall–Kier alpha value is -4.91. The summed E-state index contributed by atoms with van der Waals surface area (Å²) >= 11 is 0. The smallest absolute Gasteiger partial charge is 0.344 e. The molecule has 0 unspecified atom stereocenters. The quantitative estimate of drug-likeness (QED) is 0.317.